The number of anilines is 1. The van der Waals surface area contributed by atoms with Crippen LogP contribution in [0.1, 0.15) is 22.3 Å². The largest absolute Gasteiger partial charge is 0.375 e. The molecule has 0 fully saturated rings. The molecule has 6 heteroatoms. The number of nitrogens with one attached hydrogen (secondary N) is 1. The Bertz CT molecular complexity index is 338. The van der Waals surface area contributed by atoms with E-state index < -0.39 is 0 Å². The van der Waals surface area contributed by atoms with Crippen LogP contribution in [0.3, 0.4) is 0 Å². The maximum absolute atomic E-state index is 11.6. The molecule has 1 heterocycles. The first kappa shape index (κ1) is 12.3. The number of thiazole rings is 1. The first-order valence-corrected chi connectivity index (χ1v) is 6.71. The van der Waals surface area contributed by atoms with Gasteiger partial charge < -0.3 is 11.1 Å². The lowest BCUT2D eigenvalue weighted by atomic mass is 10.4. The second-order valence-corrected chi connectivity index (χ2v) is 5.34. The fourth-order valence-electron chi connectivity index (χ4n) is 1.09. The molecule has 0 saturated carbocycles. The molecule has 0 aliphatic rings. The Labute approximate surface area is 97.7 Å². The van der Waals surface area contributed by atoms with Crippen LogP contribution < -0.4 is 11.1 Å². The van der Waals surface area contributed by atoms with Crippen molar-refractivity contribution in [2.75, 3.05) is 23.8 Å². The predicted octanol–water partition coefficient (Wildman–Crippen LogP) is 1.52. The van der Waals surface area contributed by atoms with Gasteiger partial charge in [0.1, 0.15) is 4.88 Å². The van der Waals surface area contributed by atoms with Crippen LogP contribution in [-0.4, -0.2) is 28.9 Å². The third-order valence-corrected chi connectivity index (χ3v) is 3.64. The first-order chi connectivity index (χ1) is 7.15. The van der Waals surface area contributed by atoms with Crippen LogP contribution in [0.4, 0.5) is 5.13 Å². The molecule has 15 heavy (non-hydrogen) atoms. The summed E-state index contributed by atoms with van der Waals surface area (Å²) in [5.41, 5.74) is 6.22. The third-order valence-electron chi connectivity index (χ3n) is 1.76. The van der Waals surface area contributed by atoms with Crippen molar-refractivity contribution in [2.45, 2.75) is 13.8 Å². The van der Waals surface area contributed by atoms with E-state index in [1.165, 1.54) is 11.3 Å². The van der Waals surface area contributed by atoms with E-state index in [1.54, 1.807) is 18.7 Å². The van der Waals surface area contributed by atoms with Gasteiger partial charge in [-0.3, -0.25) is 4.79 Å². The topological polar surface area (TPSA) is 68.0 Å². The van der Waals surface area contributed by atoms with Crippen molar-refractivity contribution < 1.29 is 4.79 Å². The molecular formula is C9H15N3OS2. The fraction of sp³-hybridized carbons (Fsp3) is 0.556. The van der Waals surface area contributed by atoms with E-state index in [-0.39, 0.29) is 5.91 Å². The minimum absolute atomic E-state index is 0.0709. The zero-order valence-electron chi connectivity index (χ0n) is 8.87. The summed E-state index contributed by atoms with van der Waals surface area (Å²) < 4.78 is 0. The highest BCUT2D eigenvalue weighted by Crippen LogP contribution is 2.19. The highest BCUT2D eigenvalue weighted by Gasteiger charge is 2.12. The molecule has 4 nitrogen and oxygen atoms in total. The van der Waals surface area contributed by atoms with E-state index in [1.807, 2.05) is 0 Å². The van der Waals surface area contributed by atoms with Crippen molar-refractivity contribution in [3.8, 4) is 0 Å². The Morgan fingerprint density at radius 2 is 2.40 bits per heavy atom. The Morgan fingerprint density at radius 1 is 1.67 bits per heavy atom. The molecule has 84 valence electrons. The summed E-state index contributed by atoms with van der Waals surface area (Å²) in [6, 6.07) is 0. The van der Waals surface area contributed by atoms with Crippen LogP contribution in [0.5, 0.6) is 0 Å². The van der Waals surface area contributed by atoms with Crippen molar-refractivity contribution in [3.63, 3.8) is 0 Å². The van der Waals surface area contributed by atoms with Crippen LogP contribution in [-0.2, 0) is 0 Å². The minimum atomic E-state index is -0.0709. The number of carbonyl (C=O) groups is 1. The monoisotopic (exact) mass is 245 g/mol. The van der Waals surface area contributed by atoms with E-state index in [2.05, 4.69) is 17.2 Å². The standard InChI is InChI=1S/C9H15N3OS2/c1-3-14-5-4-11-8(13)7-6(2)12-9(10)15-7/h3-5H2,1-2H3,(H2,10,12)(H,11,13). The summed E-state index contributed by atoms with van der Waals surface area (Å²) >= 11 is 3.04. The van der Waals surface area contributed by atoms with E-state index in [0.717, 1.165) is 11.5 Å². The summed E-state index contributed by atoms with van der Waals surface area (Å²) in [6.07, 6.45) is 0. The number of carbonyl (C=O) groups excluding carboxylic acids is 1. The number of thioether (sulfide) groups is 1. The van der Waals surface area contributed by atoms with E-state index in [0.29, 0.717) is 22.2 Å². The van der Waals surface area contributed by atoms with E-state index in [4.69, 9.17) is 5.73 Å². The highest BCUT2D eigenvalue weighted by molar-refractivity contribution is 7.99. The molecule has 0 aromatic carbocycles. The second kappa shape index (κ2) is 5.97. The van der Waals surface area contributed by atoms with Gasteiger partial charge in [-0.05, 0) is 12.7 Å². The van der Waals surface area contributed by atoms with Gasteiger partial charge in [-0.1, -0.05) is 18.3 Å². The number of hydrogen-bond donors (Lipinski definition) is 2. The number of amides is 1. The van der Waals surface area contributed by atoms with Gasteiger partial charge in [0.05, 0.1) is 5.69 Å². The van der Waals surface area contributed by atoms with Gasteiger partial charge in [0.15, 0.2) is 5.13 Å². The van der Waals surface area contributed by atoms with Crippen molar-refractivity contribution >= 4 is 34.1 Å². The maximum Gasteiger partial charge on any atom is 0.263 e. The van der Waals surface area contributed by atoms with Crippen LogP contribution in [0.25, 0.3) is 0 Å². The van der Waals surface area contributed by atoms with Crippen molar-refractivity contribution in [2.24, 2.45) is 0 Å². The van der Waals surface area contributed by atoms with Gasteiger partial charge in [-0.25, -0.2) is 4.98 Å². The van der Waals surface area contributed by atoms with Gasteiger partial charge in [0, 0.05) is 12.3 Å². The van der Waals surface area contributed by atoms with Gasteiger partial charge in [0.25, 0.3) is 5.91 Å². The smallest absolute Gasteiger partial charge is 0.263 e. The van der Waals surface area contributed by atoms with Gasteiger partial charge in [-0.15, -0.1) is 0 Å². The van der Waals surface area contributed by atoms with Crippen LogP contribution in [0.2, 0.25) is 0 Å². The molecule has 1 amide bonds. The van der Waals surface area contributed by atoms with Crippen molar-refractivity contribution in [3.05, 3.63) is 10.6 Å². The maximum atomic E-state index is 11.6. The molecule has 0 radical (unpaired) electrons. The lowest BCUT2D eigenvalue weighted by molar-refractivity contribution is 0.0959. The molecule has 0 atom stereocenters. The SMILES string of the molecule is CCSCCNC(=O)c1sc(N)nc1C. The molecule has 0 aliphatic carbocycles. The van der Waals surface area contributed by atoms with Gasteiger partial charge in [0.2, 0.25) is 0 Å². The zero-order valence-corrected chi connectivity index (χ0v) is 10.5. The fourth-order valence-corrected chi connectivity index (χ4v) is 2.37. The molecule has 1 rings (SSSR count). The zero-order chi connectivity index (χ0) is 11.3. The van der Waals surface area contributed by atoms with Crippen molar-refractivity contribution in [1.29, 1.82) is 0 Å². The second-order valence-electron chi connectivity index (χ2n) is 2.92. The van der Waals surface area contributed by atoms with Crippen molar-refractivity contribution in [1.82, 2.24) is 10.3 Å². The summed E-state index contributed by atoms with van der Waals surface area (Å²) in [7, 11) is 0. The highest BCUT2D eigenvalue weighted by atomic mass is 32.2. The molecular weight excluding hydrogens is 230 g/mol. The Kier molecular flexibility index (Phi) is 4.90. The van der Waals surface area contributed by atoms with Crippen LogP contribution in [0, 0.1) is 6.92 Å². The third kappa shape index (κ3) is 3.71. The average Bonchev–Trinajstić information content (AvgIpc) is 2.52. The summed E-state index contributed by atoms with van der Waals surface area (Å²) in [6.45, 7) is 4.58. The summed E-state index contributed by atoms with van der Waals surface area (Å²) in [5, 5.41) is 3.29. The Hall–Kier alpha value is -0.750. The number of hydrogen-bond acceptors (Lipinski definition) is 5. The molecule has 0 unspecified atom stereocenters. The number of nitrogens with zero attached hydrogens (tertiary/aromatic N) is 1. The van der Waals surface area contributed by atoms with E-state index in [9.17, 15) is 4.79 Å². The molecule has 1 aromatic rings. The Morgan fingerprint density at radius 3 is 2.93 bits per heavy atom. The quantitative estimate of drug-likeness (QED) is 0.772. The average molecular weight is 245 g/mol. The number of aryl methyl sites for hydroxylation is 1. The molecule has 3 N–H and O–H groups in total. The molecule has 0 spiro atoms. The number of nitrogens with two attached hydrogens (primary N) is 1. The molecule has 0 bridgehead atoms. The van der Waals surface area contributed by atoms with E-state index >= 15 is 0 Å². The molecule has 0 aliphatic heterocycles. The molecule has 1 aromatic heterocycles. The molecule has 0 saturated heterocycles. The van der Waals surface area contributed by atoms with Gasteiger partial charge in [-0.2, -0.15) is 11.8 Å². The van der Waals surface area contributed by atoms with Crippen LogP contribution >= 0.6 is 23.1 Å². The first-order valence-electron chi connectivity index (χ1n) is 4.74. The Balaban J connectivity index is 2.43. The normalized spacial score (nSPS) is 10.3. The summed E-state index contributed by atoms with van der Waals surface area (Å²) in [5.74, 6) is 1.94. The lowest BCUT2D eigenvalue weighted by Crippen LogP contribution is -2.25. The van der Waals surface area contributed by atoms with Crippen LogP contribution in [0.15, 0.2) is 0 Å². The minimum Gasteiger partial charge on any atom is -0.375 e. The lowest BCUT2D eigenvalue weighted by Gasteiger charge is -2.02. The predicted molar refractivity (Wildman–Crippen MR) is 66.6 cm³/mol. The van der Waals surface area contributed by atoms with Gasteiger partial charge >= 0.3 is 0 Å². The number of nitrogen functional groups attached to an aromatic ring is 1. The number of rotatable bonds is 5. The number of aromatic nitrogens is 1. The summed E-state index contributed by atoms with van der Waals surface area (Å²) in [4.78, 5) is 16.3.